The van der Waals surface area contributed by atoms with E-state index in [-0.39, 0.29) is 29.9 Å². The molecule has 0 saturated carbocycles. The highest BCUT2D eigenvalue weighted by atomic mass is 35.5. The summed E-state index contributed by atoms with van der Waals surface area (Å²) >= 11 is 6.07. The van der Waals surface area contributed by atoms with E-state index in [4.69, 9.17) is 11.6 Å². The molecule has 1 saturated heterocycles. The Kier molecular flexibility index (Phi) is 6.88. The van der Waals surface area contributed by atoms with Gasteiger partial charge in [-0.15, -0.1) is 0 Å². The summed E-state index contributed by atoms with van der Waals surface area (Å²) in [5.41, 5.74) is 0.783. The van der Waals surface area contributed by atoms with Crippen LogP contribution in [0.25, 0.3) is 0 Å². The molecule has 1 aliphatic heterocycles. The quantitative estimate of drug-likeness (QED) is 0.671. The number of carbonyl (C=O) groups excluding carboxylic acids is 2. The SMILES string of the molecule is CC(C)[C@@H](NC(=O)NC1CCS(=O)(=O)C1)C(=O)NCc1ccccc1Cl. The third-order valence-electron chi connectivity index (χ3n) is 4.21. The average Bonchev–Trinajstić information content (AvgIpc) is 2.89. The summed E-state index contributed by atoms with van der Waals surface area (Å²) in [7, 11) is -3.08. The number of nitrogens with one attached hydrogen (secondary N) is 3. The molecule has 2 rings (SSSR count). The topological polar surface area (TPSA) is 104 Å². The highest BCUT2D eigenvalue weighted by Gasteiger charge is 2.30. The van der Waals surface area contributed by atoms with Crippen LogP contribution in [0.2, 0.25) is 5.02 Å². The Hall–Kier alpha value is -1.80. The van der Waals surface area contributed by atoms with Gasteiger partial charge >= 0.3 is 6.03 Å². The maximum atomic E-state index is 12.5. The summed E-state index contributed by atoms with van der Waals surface area (Å²) < 4.78 is 22.9. The second-order valence-corrected chi connectivity index (χ2v) is 9.38. The average molecular weight is 402 g/mol. The molecule has 0 aromatic heterocycles. The van der Waals surface area contributed by atoms with Crippen molar-refractivity contribution in [2.75, 3.05) is 11.5 Å². The Morgan fingerprint density at radius 2 is 1.96 bits per heavy atom. The summed E-state index contributed by atoms with van der Waals surface area (Å²) in [5, 5.41) is 8.59. The summed E-state index contributed by atoms with van der Waals surface area (Å²) in [6, 6.07) is 5.49. The molecule has 1 unspecified atom stereocenters. The van der Waals surface area contributed by atoms with Crippen LogP contribution in [0.3, 0.4) is 0 Å². The fourth-order valence-corrected chi connectivity index (χ4v) is 4.62. The molecule has 0 aliphatic carbocycles. The number of halogens is 1. The minimum Gasteiger partial charge on any atom is -0.350 e. The Bertz CT molecular complexity index is 767. The second-order valence-electron chi connectivity index (χ2n) is 6.75. The van der Waals surface area contributed by atoms with Crippen LogP contribution < -0.4 is 16.0 Å². The van der Waals surface area contributed by atoms with Crippen molar-refractivity contribution in [3.8, 4) is 0 Å². The van der Waals surface area contributed by atoms with E-state index in [1.807, 2.05) is 26.0 Å². The lowest BCUT2D eigenvalue weighted by Gasteiger charge is -2.23. The van der Waals surface area contributed by atoms with Crippen LogP contribution in [-0.4, -0.2) is 43.9 Å². The van der Waals surface area contributed by atoms with Crippen LogP contribution in [0.15, 0.2) is 24.3 Å². The van der Waals surface area contributed by atoms with Crippen LogP contribution in [0.5, 0.6) is 0 Å². The minimum atomic E-state index is -3.08. The maximum absolute atomic E-state index is 12.5. The van der Waals surface area contributed by atoms with Gasteiger partial charge in [0.1, 0.15) is 6.04 Å². The zero-order chi connectivity index (χ0) is 19.3. The Balaban J connectivity index is 1.90. The highest BCUT2D eigenvalue weighted by molar-refractivity contribution is 7.91. The number of sulfone groups is 1. The monoisotopic (exact) mass is 401 g/mol. The van der Waals surface area contributed by atoms with Gasteiger partial charge < -0.3 is 16.0 Å². The molecule has 26 heavy (non-hydrogen) atoms. The van der Waals surface area contributed by atoms with Crippen molar-refractivity contribution in [3.63, 3.8) is 0 Å². The van der Waals surface area contributed by atoms with E-state index < -0.39 is 28.0 Å². The molecule has 3 N–H and O–H groups in total. The molecule has 0 bridgehead atoms. The van der Waals surface area contributed by atoms with E-state index in [0.717, 1.165) is 5.56 Å². The number of amides is 3. The number of urea groups is 1. The van der Waals surface area contributed by atoms with Crippen molar-refractivity contribution in [1.29, 1.82) is 0 Å². The first-order valence-corrected chi connectivity index (χ1v) is 10.7. The van der Waals surface area contributed by atoms with Crippen LogP contribution in [0.1, 0.15) is 25.8 Å². The summed E-state index contributed by atoms with van der Waals surface area (Å²) in [6.07, 6.45) is 0.390. The molecule has 0 spiro atoms. The van der Waals surface area contributed by atoms with Crippen LogP contribution in [0.4, 0.5) is 4.79 Å². The number of hydrogen-bond acceptors (Lipinski definition) is 4. The van der Waals surface area contributed by atoms with E-state index >= 15 is 0 Å². The predicted molar refractivity (Wildman–Crippen MR) is 101 cm³/mol. The first-order valence-electron chi connectivity index (χ1n) is 8.46. The van der Waals surface area contributed by atoms with Gasteiger partial charge in [-0.3, -0.25) is 4.79 Å². The van der Waals surface area contributed by atoms with Gasteiger partial charge in [0, 0.05) is 17.6 Å². The van der Waals surface area contributed by atoms with Crippen molar-refractivity contribution in [2.45, 2.75) is 38.9 Å². The summed E-state index contributed by atoms with van der Waals surface area (Å²) in [4.78, 5) is 24.6. The number of benzene rings is 1. The van der Waals surface area contributed by atoms with E-state index in [1.54, 1.807) is 12.1 Å². The first kappa shape index (κ1) is 20.5. The second kappa shape index (κ2) is 8.73. The largest absolute Gasteiger partial charge is 0.350 e. The molecule has 0 radical (unpaired) electrons. The summed E-state index contributed by atoms with van der Waals surface area (Å²) in [5.74, 6) is -0.455. The van der Waals surface area contributed by atoms with Crippen molar-refractivity contribution in [2.24, 2.45) is 5.92 Å². The number of carbonyl (C=O) groups is 2. The highest BCUT2D eigenvalue weighted by Crippen LogP contribution is 2.15. The molecule has 9 heteroatoms. The van der Waals surface area contributed by atoms with E-state index in [2.05, 4.69) is 16.0 Å². The maximum Gasteiger partial charge on any atom is 0.315 e. The van der Waals surface area contributed by atoms with Crippen molar-refractivity contribution in [3.05, 3.63) is 34.9 Å². The van der Waals surface area contributed by atoms with Gasteiger partial charge in [-0.1, -0.05) is 43.6 Å². The first-order chi connectivity index (χ1) is 12.2. The van der Waals surface area contributed by atoms with E-state index in [9.17, 15) is 18.0 Å². The molecule has 1 aromatic carbocycles. The Morgan fingerprint density at radius 3 is 2.54 bits per heavy atom. The molecule has 1 fully saturated rings. The lowest BCUT2D eigenvalue weighted by molar-refractivity contribution is -0.124. The minimum absolute atomic E-state index is 0.0640. The molecular weight excluding hydrogens is 378 g/mol. The molecular formula is C17H24ClN3O4S. The molecule has 144 valence electrons. The number of hydrogen-bond donors (Lipinski definition) is 3. The van der Waals surface area contributed by atoms with Crippen LogP contribution in [-0.2, 0) is 21.2 Å². The normalized spacial score (nSPS) is 19.8. The Labute approximate surface area is 158 Å². The van der Waals surface area contributed by atoms with Gasteiger partial charge in [0.2, 0.25) is 5.91 Å². The van der Waals surface area contributed by atoms with Crippen molar-refractivity contribution in [1.82, 2.24) is 16.0 Å². The molecule has 2 atom stereocenters. The third kappa shape index (κ3) is 5.88. The fraction of sp³-hybridized carbons (Fsp3) is 0.529. The lowest BCUT2D eigenvalue weighted by atomic mass is 10.0. The molecule has 1 heterocycles. The Morgan fingerprint density at radius 1 is 1.27 bits per heavy atom. The third-order valence-corrected chi connectivity index (χ3v) is 6.35. The van der Waals surface area contributed by atoms with Gasteiger partial charge in [-0.05, 0) is 24.0 Å². The van der Waals surface area contributed by atoms with E-state index in [1.165, 1.54) is 0 Å². The predicted octanol–water partition coefficient (Wildman–Crippen LogP) is 1.47. The lowest BCUT2D eigenvalue weighted by Crippen LogP contribution is -2.54. The smallest absolute Gasteiger partial charge is 0.315 e. The van der Waals surface area contributed by atoms with Gasteiger partial charge in [-0.2, -0.15) is 0 Å². The zero-order valence-corrected chi connectivity index (χ0v) is 16.4. The number of rotatable bonds is 6. The van der Waals surface area contributed by atoms with Gasteiger partial charge in [-0.25, -0.2) is 13.2 Å². The van der Waals surface area contributed by atoms with Gasteiger partial charge in [0.05, 0.1) is 11.5 Å². The van der Waals surface area contributed by atoms with Gasteiger partial charge in [0.25, 0.3) is 0 Å². The zero-order valence-electron chi connectivity index (χ0n) is 14.8. The standard InChI is InChI=1S/C17H24ClN3O4S/c1-11(2)15(16(22)19-9-12-5-3-4-6-14(12)18)21-17(23)20-13-7-8-26(24,25)10-13/h3-6,11,13,15H,7-10H2,1-2H3,(H,19,22)(H2,20,21,23)/t13?,15-/m1/s1. The van der Waals surface area contributed by atoms with Crippen molar-refractivity contribution >= 4 is 33.4 Å². The molecule has 3 amide bonds. The molecule has 1 aliphatic rings. The van der Waals surface area contributed by atoms with E-state index in [0.29, 0.717) is 11.4 Å². The fourth-order valence-electron chi connectivity index (χ4n) is 2.75. The van der Waals surface area contributed by atoms with Crippen molar-refractivity contribution < 1.29 is 18.0 Å². The molecule has 1 aromatic rings. The van der Waals surface area contributed by atoms with Crippen LogP contribution >= 0.6 is 11.6 Å². The van der Waals surface area contributed by atoms with Crippen LogP contribution in [0, 0.1) is 5.92 Å². The van der Waals surface area contributed by atoms with Gasteiger partial charge in [0.15, 0.2) is 9.84 Å². The summed E-state index contributed by atoms with van der Waals surface area (Å²) in [6.45, 7) is 3.89. The molecule has 7 nitrogen and oxygen atoms in total.